The average Bonchev–Trinajstić information content (AvgIpc) is 2.91. The SMILES string of the molecule is CCN1C(=O)c2cccc3c(-c4ccc(N=Cc5ccc6ccccc6n5)cc4)ccc(c23)C1=O. The predicted molar refractivity (Wildman–Crippen MR) is 139 cm³/mol. The molecule has 6 rings (SSSR count). The van der Waals surface area contributed by atoms with Gasteiger partial charge >= 0.3 is 0 Å². The predicted octanol–water partition coefficient (Wildman–Crippen LogP) is 6.42. The first-order valence-electron chi connectivity index (χ1n) is 11.6. The first kappa shape index (κ1) is 20.9. The highest BCUT2D eigenvalue weighted by atomic mass is 16.2. The average molecular weight is 456 g/mol. The molecule has 0 unspecified atom stereocenters. The number of aromatic nitrogens is 1. The Balaban J connectivity index is 1.34. The largest absolute Gasteiger partial charge is 0.275 e. The highest BCUT2D eigenvalue weighted by molar-refractivity contribution is 6.26. The number of rotatable bonds is 4. The van der Waals surface area contributed by atoms with Crippen molar-refractivity contribution >= 4 is 45.4 Å². The van der Waals surface area contributed by atoms with Crippen molar-refractivity contribution in [3.8, 4) is 11.1 Å². The number of nitrogens with zero attached hydrogens (tertiary/aromatic N) is 3. The smallest absolute Gasteiger partial charge is 0.261 e. The van der Waals surface area contributed by atoms with Gasteiger partial charge in [0.05, 0.1) is 23.1 Å². The summed E-state index contributed by atoms with van der Waals surface area (Å²) in [5, 5.41) is 2.73. The number of hydrogen-bond donors (Lipinski definition) is 0. The van der Waals surface area contributed by atoms with E-state index in [1.54, 1.807) is 12.3 Å². The van der Waals surface area contributed by atoms with Crippen LogP contribution in [0, 0.1) is 0 Å². The molecule has 4 aromatic carbocycles. The summed E-state index contributed by atoms with van der Waals surface area (Å²) in [7, 11) is 0. The molecule has 2 amide bonds. The van der Waals surface area contributed by atoms with Crippen LogP contribution in [0.1, 0.15) is 33.3 Å². The Morgan fingerprint density at radius 2 is 1.51 bits per heavy atom. The number of aliphatic imine (C=N–C) groups is 1. The van der Waals surface area contributed by atoms with Gasteiger partial charge in [-0.25, -0.2) is 4.98 Å². The zero-order valence-electron chi connectivity index (χ0n) is 19.1. The molecular formula is C30H21N3O2. The van der Waals surface area contributed by atoms with Crippen molar-refractivity contribution in [3.63, 3.8) is 0 Å². The summed E-state index contributed by atoms with van der Waals surface area (Å²) in [6, 6.07) is 29.4. The van der Waals surface area contributed by atoms with Crippen LogP contribution in [0.2, 0.25) is 0 Å². The van der Waals surface area contributed by atoms with E-state index in [2.05, 4.69) is 9.98 Å². The Kier molecular flexibility index (Phi) is 4.96. The van der Waals surface area contributed by atoms with Gasteiger partial charge in [0.15, 0.2) is 0 Å². The molecule has 0 saturated carbocycles. The molecule has 35 heavy (non-hydrogen) atoms. The number of amides is 2. The Labute approximate surface area is 202 Å². The van der Waals surface area contributed by atoms with Crippen LogP contribution in [0.4, 0.5) is 5.69 Å². The van der Waals surface area contributed by atoms with Crippen molar-refractivity contribution in [1.29, 1.82) is 0 Å². The van der Waals surface area contributed by atoms with E-state index in [0.717, 1.165) is 44.2 Å². The molecule has 0 spiro atoms. The van der Waals surface area contributed by atoms with E-state index >= 15 is 0 Å². The van der Waals surface area contributed by atoms with Crippen LogP contribution < -0.4 is 0 Å². The van der Waals surface area contributed by atoms with Crippen LogP contribution in [0.3, 0.4) is 0 Å². The number of hydrogen-bond acceptors (Lipinski definition) is 4. The van der Waals surface area contributed by atoms with Gasteiger partial charge in [-0.1, -0.05) is 54.6 Å². The van der Waals surface area contributed by atoms with Gasteiger partial charge in [0.25, 0.3) is 11.8 Å². The van der Waals surface area contributed by atoms with Crippen molar-refractivity contribution < 1.29 is 9.59 Å². The van der Waals surface area contributed by atoms with Crippen LogP contribution in [0.15, 0.2) is 96.0 Å². The van der Waals surface area contributed by atoms with Crippen LogP contribution in [0.5, 0.6) is 0 Å². The summed E-state index contributed by atoms with van der Waals surface area (Å²) < 4.78 is 0. The lowest BCUT2D eigenvalue weighted by atomic mass is 9.89. The molecule has 0 N–H and O–H groups in total. The molecule has 0 bridgehead atoms. The monoisotopic (exact) mass is 455 g/mol. The molecule has 168 valence electrons. The van der Waals surface area contributed by atoms with Gasteiger partial charge in [-0.2, -0.15) is 0 Å². The molecule has 2 heterocycles. The second-order valence-electron chi connectivity index (χ2n) is 8.48. The summed E-state index contributed by atoms with van der Waals surface area (Å²) in [4.78, 5) is 36.3. The number of para-hydroxylation sites is 1. The lowest BCUT2D eigenvalue weighted by Crippen LogP contribution is -2.40. The number of benzene rings is 4. The molecule has 1 aliphatic rings. The normalized spacial score (nSPS) is 13.3. The second-order valence-corrected chi connectivity index (χ2v) is 8.48. The number of imide groups is 1. The van der Waals surface area contributed by atoms with Gasteiger partial charge in [-0.05, 0) is 59.8 Å². The molecule has 1 aliphatic heterocycles. The molecule has 5 heteroatoms. The third kappa shape index (κ3) is 3.49. The highest BCUT2D eigenvalue weighted by Crippen LogP contribution is 2.36. The second kappa shape index (κ2) is 8.29. The van der Waals surface area contributed by atoms with Crippen molar-refractivity contribution in [1.82, 2.24) is 9.88 Å². The molecule has 5 aromatic rings. The van der Waals surface area contributed by atoms with E-state index < -0.39 is 0 Å². The fourth-order valence-electron chi connectivity index (χ4n) is 4.71. The number of carbonyl (C=O) groups excluding carboxylic acids is 2. The van der Waals surface area contributed by atoms with Crippen LogP contribution in [-0.2, 0) is 0 Å². The molecule has 1 aromatic heterocycles. The summed E-state index contributed by atoms with van der Waals surface area (Å²) in [6.07, 6.45) is 1.76. The van der Waals surface area contributed by atoms with E-state index in [9.17, 15) is 9.59 Å². The van der Waals surface area contributed by atoms with Gasteiger partial charge in [0.2, 0.25) is 0 Å². The quantitative estimate of drug-likeness (QED) is 0.232. The molecule has 0 aliphatic carbocycles. The maximum Gasteiger partial charge on any atom is 0.261 e. The van der Waals surface area contributed by atoms with Crippen molar-refractivity contribution in [2.75, 3.05) is 6.54 Å². The molecule has 0 radical (unpaired) electrons. The summed E-state index contributed by atoms with van der Waals surface area (Å²) in [6.45, 7) is 2.17. The molecule has 0 atom stereocenters. The van der Waals surface area contributed by atoms with E-state index in [0.29, 0.717) is 17.7 Å². The molecule has 0 saturated heterocycles. The molecule has 0 fully saturated rings. The number of pyridine rings is 1. The number of carbonyl (C=O) groups is 2. The Morgan fingerprint density at radius 3 is 2.31 bits per heavy atom. The van der Waals surface area contributed by atoms with Crippen molar-refractivity contribution in [2.24, 2.45) is 4.99 Å². The van der Waals surface area contributed by atoms with Crippen molar-refractivity contribution in [2.45, 2.75) is 6.92 Å². The Bertz CT molecular complexity index is 1650. The lowest BCUT2D eigenvalue weighted by Gasteiger charge is -2.26. The van der Waals surface area contributed by atoms with E-state index in [1.165, 1.54) is 4.90 Å². The third-order valence-corrected chi connectivity index (χ3v) is 6.45. The van der Waals surface area contributed by atoms with Crippen LogP contribution in [-0.4, -0.2) is 34.5 Å². The van der Waals surface area contributed by atoms with E-state index in [4.69, 9.17) is 0 Å². The zero-order valence-corrected chi connectivity index (χ0v) is 19.1. The first-order valence-corrected chi connectivity index (χ1v) is 11.6. The maximum atomic E-state index is 12.9. The molecular weight excluding hydrogens is 434 g/mol. The van der Waals surface area contributed by atoms with Crippen LogP contribution >= 0.6 is 0 Å². The number of fused-ring (bicyclic) bond motifs is 1. The van der Waals surface area contributed by atoms with Crippen LogP contribution in [0.25, 0.3) is 32.8 Å². The molecule has 5 nitrogen and oxygen atoms in total. The standard InChI is InChI=1S/C30H21N3O2/c1-2-33-29(34)25-8-5-7-24-23(16-17-26(28(24)25)30(33)35)19-10-13-21(14-11-19)31-18-22-15-12-20-6-3-4-9-27(20)32-22/h3-18H,2H2,1H3. The van der Waals surface area contributed by atoms with E-state index in [1.807, 2.05) is 91.9 Å². The zero-order chi connectivity index (χ0) is 23.9. The Morgan fingerprint density at radius 1 is 0.771 bits per heavy atom. The Hall–Kier alpha value is -4.64. The minimum Gasteiger partial charge on any atom is -0.275 e. The minimum atomic E-state index is -0.236. The highest BCUT2D eigenvalue weighted by Gasteiger charge is 2.32. The lowest BCUT2D eigenvalue weighted by molar-refractivity contribution is 0.0619. The summed E-state index contributed by atoms with van der Waals surface area (Å²) in [5.41, 5.74) is 5.67. The minimum absolute atomic E-state index is 0.236. The van der Waals surface area contributed by atoms with Gasteiger partial charge < -0.3 is 0 Å². The fraction of sp³-hybridized carbons (Fsp3) is 0.0667. The van der Waals surface area contributed by atoms with Crippen molar-refractivity contribution in [3.05, 3.63) is 108 Å². The van der Waals surface area contributed by atoms with E-state index in [-0.39, 0.29) is 11.8 Å². The van der Waals surface area contributed by atoms with Gasteiger partial charge in [-0.15, -0.1) is 0 Å². The summed E-state index contributed by atoms with van der Waals surface area (Å²) in [5.74, 6) is -0.473. The third-order valence-electron chi connectivity index (χ3n) is 6.45. The first-order chi connectivity index (χ1) is 17.1. The van der Waals surface area contributed by atoms with Gasteiger partial charge in [-0.3, -0.25) is 19.5 Å². The van der Waals surface area contributed by atoms with Gasteiger partial charge in [0, 0.05) is 28.4 Å². The summed E-state index contributed by atoms with van der Waals surface area (Å²) >= 11 is 0. The maximum absolute atomic E-state index is 12.9. The topological polar surface area (TPSA) is 62.6 Å². The van der Waals surface area contributed by atoms with Gasteiger partial charge in [0.1, 0.15) is 0 Å². The fourth-order valence-corrected chi connectivity index (χ4v) is 4.71.